The highest BCUT2D eigenvalue weighted by Crippen LogP contribution is 2.44. The van der Waals surface area contributed by atoms with Crippen molar-refractivity contribution in [1.82, 2.24) is 4.40 Å². The summed E-state index contributed by atoms with van der Waals surface area (Å²) < 4.78 is 29.2. The summed E-state index contributed by atoms with van der Waals surface area (Å²) in [5.74, 6) is -2.16. The summed E-state index contributed by atoms with van der Waals surface area (Å²) in [6.07, 6.45) is 2.85. The predicted molar refractivity (Wildman–Crippen MR) is 96.9 cm³/mol. The van der Waals surface area contributed by atoms with Crippen LogP contribution in [0.25, 0.3) is 5.52 Å². The molecule has 0 aromatic carbocycles. The quantitative estimate of drug-likeness (QED) is 0.852. The molecule has 144 valence electrons. The highest BCUT2D eigenvalue weighted by molar-refractivity contribution is 5.89. The van der Waals surface area contributed by atoms with Crippen LogP contribution in [-0.2, 0) is 0 Å². The largest absolute Gasteiger partial charge is 0.477 e. The average Bonchev–Trinajstić information content (AvgIpc) is 3.38. The number of aromatic carboxylic acids is 1. The number of carbonyl (C=O) groups is 1. The van der Waals surface area contributed by atoms with Gasteiger partial charge in [-0.05, 0) is 42.9 Å². The van der Waals surface area contributed by atoms with Crippen LogP contribution in [-0.4, -0.2) is 41.3 Å². The van der Waals surface area contributed by atoms with Crippen molar-refractivity contribution < 1.29 is 18.7 Å². The van der Waals surface area contributed by atoms with E-state index in [9.17, 15) is 23.5 Å². The number of alkyl halides is 1. The number of aromatic nitrogens is 1. The van der Waals surface area contributed by atoms with Crippen molar-refractivity contribution in [1.29, 1.82) is 0 Å². The number of anilines is 1. The summed E-state index contributed by atoms with van der Waals surface area (Å²) in [5, 5.41) is 9.34. The molecule has 6 nitrogen and oxygen atoms in total. The van der Waals surface area contributed by atoms with Gasteiger partial charge >= 0.3 is 5.97 Å². The number of nitrogens with two attached hydrogens (primary N) is 1. The van der Waals surface area contributed by atoms with Gasteiger partial charge in [0.15, 0.2) is 5.82 Å². The van der Waals surface area contributed by atoms with Crippen LogP contribution in [0, 0.1) is 18.7 Å². The Morgan fingerprint density at radius 2 is 2.07 bits per heavy atom. The molecular weight excluding hydrogens is 356 g/mol. The Hall–Kier alpha value is -2.48. The van der Waals surface area contributed by atoms with Crippen molar-refractivity contribution in [2.75, 3.05) is 24.7 Å². The first-order chi connectivity index (χ1) is 12.8. The second-order valence-corrected chi connectivity index (χ2v) is 7.55. The smallest absolute Gasteiger partial charge is 0.341 e. The van der Waals surface area contributed by atoms with Crippen molar-refractivity contribution in [2.24, 2.45) is 11.7 Å². The number of halogens is 2. The van der Waals surface area contributed by atoms with E-state index in [2.05, 4.69) is 0 Å². The number of fused-ring (bicyclic) bond motifs is 1. The van der Waals surface area contributed by atoms with Crippen molar-refractivity contribution in [3.8, 4) is 0 Å². The Morgan fingerprint density at radius 3 is 2.63 bits per heavy atom. The minimum atomic E-state index is -1.32. The molecule has 4 rings (SSSR count). The Morgan fingerprint density at radius 1 is 1.37 bits per heavy atom. The Labute approximate surface area is 154 Å². The van der Waals surface area contributed by atoms with E-state index in [0.717, 1.165) is 29.0 Å². The molecular formula is C19H21F2N3O3. The molecule has 2 aliphatic rings. The van der Waals surface area contributed by atoms with Gasteiger partial charge in [-0.2, -0.15) is 0 Å². The molecule has 3 N–H and O–H groups in total. The van der Waals surface area contributed by atoms with Crippen molar-refractivity contribution in [2.45, 2.75) is 31.7 Å². The third kappa shape index (κ3) is 2.79. The predicted octanol–water partition coefficient (Wildman–Crippen LogP) is 2.06. The zero-order valence-electron chi connectivity index (χ0n) is 14.9. The fourth-order valence-corrected chi connectivity index (χ4v) is 4.13. The molecule has 1 saturated heterocycles. The second-order valence-electron chi connectivity index (χ2n) is 7.55. The van der Waals surface area contributed by atoms with Gasteiger partial charge in [-0.1, -0.05) is 0 Å². The number of aryl methyl sites for hydroxylation is 1. The molecule has 2 fully saturated rings. The summed E-state index contributed by atoms with van der Waals surface area (Å²) in [7, 11) is 0. The van der Waals surface area contributed by atoms with Crippen molar-refractivity contribution in [3.05, 3.63) is 45.1 Å². The Kier molecular flexibility index (Phi) is 4.18. The molecule has 0 radical (unpaired) electrons. The number of hydrogen-bond donors (Lipinski definition) is 2. The third-order valence-electron chi connectivity index (χ3n) is 5.70. The van der Waals surface area contributed by atoms with E-state index in [0.29, 0.717) is 29.9 Å². The van der Waals surface area contributed by atoms with Gasteiger partial charge in [0.25, 0.3) is 5.56 Å². The van der Waals surface area contributed by atoms with Gasteiger partial charge in [-0.25, -0.2) is 9.18 Å². The van der Waals surface area contributed by atoms with Gasteiger partial charge < -0.3 is 15.7 Å². The molecule has 1 aliphatic carbocycles. The molecule has 2 aromatic heterocycles. The lowest BCUT2D eigenvalue weighted by molar-refractivity contribution is 0.0694. The maximum Gasteiger partial charge on any atom is 0.341 e. The van der Waals surface area contributed by atoms with E-state index in [-0.39, 0.29) is 23.4 Å². The fraction of sp³-hybridized carbons (Fsp3) is 0.474. The lowest BCUT2D eigenvalue weighted by Gasteiger charge is -2.24. The van der Waals surface area contributed by atoms with Crippen LogP contribution in [0.1, 0.15) is 40.2 Å². The van der Waals surface area contributed by atoms with Crippen LogP contribution in [0.15, 0.2) is 17.1 Å². The highest BCUT2D eigenvalue weighted by Gasteiger charge is 2.34. The zero-order valence-corrected chi connectivity index (χ0v) is 14.9. The average molecular weight is 377 g/mol. The molecule has 0 spiro atoms. The molecule has 0 unspecified atom stereocenters. The minimum Gasteiger partial charge on any atom is -0.477 e. The van der Waals surface area contributed by atoms with Crippen LogP contribution in [0.5, 0.6) is 0 Å². The highest BCUT2D eigenvalue weighted by atomic mass is 19.1. The summed E-state index contributed by atoms with van der Waals surface area (Å²) in [6.45, 7) is 1.79. The summed E-state index contributed by atoms with van der Waals surface area (Å²) in [6, 6.07) is 1.04. The molecule has 1 saturated carbocycles. The van der Waals surface area contributed by atoms with Crippen molar-refractivity contribution in [3.63, 3.8) is 0 Å². The van der Waals surface area contributed by atoms with E-state index < -0.39 is 24.0 Å². The molecule has 0 amide bonds. The number of rotatable bonds is 4. The van der Waals surface area contributed by atoms with Crippen molar-refractivity contribution >= 4 is 17.2 Å². The number of carboxylic acids is 1. The second kappa shape index (κ2) is 6.30. The zero-order chi connectivity index (χ0) is 19.5. The van der Waals surface area contributed by atoms with Crippen LogP contribution in [0.2, 0.25) is 0 Å². The van der Waals surface area contributed by atoms with E-state index >= 15 is 0 Å². The van der Waals surface area contributed by atoms with Gasteiger partial charge in [-0.3, -0.25) is 13.6 Å². The number of hydrogen-bond acceptors (Lipinski definition) is 4. The van der Waals surface area contributed by atoms with E-state index in [1.807, 2.05) is 0 Å². The normalized spacial score (nSPS) is 22.6. The van der Waals surface area contributed by atoms with Gasteiger partial charge in [0.05, 0.1) is 24.1 Å². The topological polar surface area (TPSA) is 88.0 Å². The van der Waals surface area contributed by atoms with E-state index in [1.165, 1.54) is 6.07 Å². The maximum absolute atomic E-state index is 15.0. The third-order valence-corrected chi connectivity index (χ3v) is 5.70. The van der Waals surface area contributed by atoms with Crippen LogP contribution in [0.3, 0.4) is 0 Å². The van der Waals surface area contributed by atoms with Gasteiger partial charge in [-0.15, -0.1) is 0 Å². The van der Waals surface area contributed by atoms with Crippen LogP contribution in [0.4, 0.5) is 14.5 Å². The molecule has 1 aliphatic heterocycles. The summed E-state index contributed by atoms with van der Waals surface area (Å²) in [4.78, 5) is 25.8. The molecule has 2 atom stereocenters. The number of pyridine rings is 2. The first-order valence-electron chi connectivity index (χ1n) is 9.01. The molecule has 8 heteroatoms. The summed E-state index contributed by atoms with van der Waals surface area (Å²) in [5.41, 5.74) is 7.01. The Bertz CT molecular complexity index is 1000. The van der Waals surface area contributed by atoms with Crippen LogP contribution < -0.4 is 16.2 Å². The molecule has 27 heavy (non-hydrogen) atoms. The molecule has 3 heterocycles. The number of carboxylic acid groups (broad SMARTS) is 1. The fourth-order valence-electron chi connectivity index (χ4n) is 4.13. The molecule has 0 bridgehead atoms. The van der Waals surface area contributed by atoms with Gasteiger partial charge in [0.2, 0.25) is 0 Å². The van der Waals surface area contributed by atoms with Gasteiger partial charge in [0.1, 0.15) is 5.56 Å². The van der Waals surface area contributed by atoms with Crippen LogP contribution >= 0.6 is 0 Å². The lowest BCUT2D eigenvalue weighted by atomic mass is 10.0. The lowest BCUT2D eigenvalue weighted by Crippen LogP contribution is -2.31. The first-order valence-corrected chi connectivity index (χ1v) is 9.01. The monoisotopic (exact) mass is 377 g/mol. The first kappa shape index (κ1) is 17.9. The standard InChI is InChI=1S/C19H21F2N3O3/c1-9-16-12(10-2-3-10)4-13(19(26)27)18(25)24(16)7-14(21)17(9)23-6-11(5-20)15(22)8-23/h4,7,10-11,15H,2-3,5-6,8,22H2,1H3,(H,26,27)/t11-,15+/m0/s1. The maximum atomic E-state index is 15.0. The minimum absolute atomic E-state index is 0.162. The molecule has 2 aromatic rings. The van der Waals surface area contributed by atoms with E-state index in [4.69, 9.17) is 5.73 Å². The number of nitrogens with zero attached hydrogens (tertiary/aromatic N) is 2. The Balaban J connectivity index is 1.96. The van der Waals surface area contributed by atoms with Gasteiger partial charge in [0, 0.05) is 25.0 Å². The van der Waals surface area contributed by atoms with E-state index in [1.54, 1.807) is 11.8 Å². The SMILES string of the molecule is Cc1c(N2C[C@H](CF)[C@H](N)C2)c(F)cn2c(=O)c(C(=O)O)cc(C3CC3)c12. The summed E-state index contributed by atoms with van der Waals surface area (Å²) >= 11 is 0.